The van der Waals surface area contributed by atoms with E-state index in [0.29, 0.717) is 24.8 Å². The summed E-state index contributed by atoms with van der Waals surface area (Å²) in [5.74, 6) is 1.15. The van der Waals surface area contributed by atoms with Gasteiger partial charge in [-0.15, -0.1) is 0 Å². The number of rotatable bonds is 9. The van der Waals surface area contributed by atoms with Crippen LogP contribution < -0.4 is 11.1 Å². The van der Waals surface area contributed by atoms with Crippen molar-refractivity contribution in [3.05, 3.63) is 0 Å². The lowest BCUT2D eigenvalue weighted by atomic mass is 9.94. The van der Waals surface area contributed by atoms with Gasteiger partial charge in [0.25, 0.3) is 0 Å². The smallest absolute Gasteiger partial charge is 0.222 e. The largest absolute Gasteiger partial charge is 0.346 e. The van der Waals surface area contributed by atoms with Gasteiger partial charge in [0.2, 0.25) is 5.91 Å². The highest BCUT2D eigenvalue weighted by Crippen LogP contribution is 2.15. The van der Waals surface area contributed by atoms with E-state index in [1.54, 1.807) is 0 Å². The molecule has 3 N–H and O–H groups in total. The van der Waals surface area contributed by atoms with Gasteiger partial charge in [0, 0.05) is 20.0 Å². The monoisotopic (exact) mass is 243 g/mol. The Morgan fingerprint density at radius 1 is 1.41 bits per heavy atom. The number of carbonyl (C=O) groups is 1. The molecule has 0 bridgehead atoms. The molecule has 4 nitrogen and oxygen atoms in total. The second kappa shape index (κ2) is 9.42. The minimum Gasteiger partial charge on any atom is -0.346 e. The quantitative estimate of drug-likeness (QED) is 0.596. The Balaban J connectivity index is 3.94. The van der Waals surface area contributed by atoms with Gasteiger partial charge in [-0.05, 0) is 44.8 Å². The average Bonchev–Trinajstić information content (AvgIpc) is 2.27. The first-order valence-electron chi connectivity index (χ1n) is 6.59. The van der Waals surface area contributed by atoms with Crippen LogP contribution >= 0.6 is 0 Å². The van der Waals surface area contributed by atoms with Crippen molar-refractivity contribution in [1.82, 2.24) is 10.2 Å². The highest BCUT2D eigenvalue weighted by atomic mass is 16.2. The Kier molecular flexibility index (Phi) is 9.09. The number of nitrogens with zero attached hydrogens (tertiary/aromatic N) is 1. The number of carbonyl (C=O) groups excluding carboxylic acids is 1. The van der Waals surface area contributed by atoms with Crippen LogP contribution in [0.4, 0.5) is 0 Å². The van der Waals surface area contributed by atoms with Crippen molar-refractivity contribution < 1.29 is 4.79 Å². The van der Waals surface area contributed by atoms with Crippen LogP contribution in [0.1, 0.15) is 33.1 Å². The van der Waals surface area contributed by atoms with Crippen molar-refractivity contribution in [3.63, 3.8) is 0 Å². The fourth-order valence-electron chi connectivity index (χ4n) is 1.95. The normalized spacial score (nSPS) is 12.8. The van der Waals surface area contributed by atoms with Crippen LogP contribution in [0.5, 0.6) is 0 Å². The summed E-state index contributed by atoms with van der Waals surface area (Å²) < 4.78 is 0. The molecule has 0 saturated heterocycles. The van der Waals surface area contributed by atoms with Gasteiger partial charge < -0.3 is 16.0 Å². The fraction of sp³-hybridized carbons (Fsp3) is 0.923. The Morgan fingerprint density at radius 3 is 2.53 bits per heavy atom. The zero-order valence-corrected chi connectivity index (χ0v) is 11.8. The fourth-order valence-corrected chi connectivity index (χ4v) is 1.95. The molecule has 0 radical (unpaired) electrons. The van der Waals surface area contributed by atoms with E-state index in [4.69, 9.17) is 5.73 Å². The van der Waals surface area contributed by atoms with Crippen LogP contribution in [0.2, 0.25) is 0 Å². The summed E-state index contributed by atoms with van der Waals surface area (Å²) in [5, 5.41) is 3.08. The van der Waals surface area contributed by atoms with Crippen LogP contribution in [0.3, 0.4) is 0 Å². The molecule has 1 amide bonds. The Morgan fingerprint density at radius 2 is 2.06 bits per heavy atom. The predicted octanol–water partition coefficient (Wildman–Crippen LogP) is 1.07. The number of hydrogen-bond acceptors (Lipinski definition) is 3. The van der Waals surface area contributed by atoms with Crippen LogP contribution in [0.15, 0.2) is 0 Å². The van der Waals surface area contributed by atoms with Gasteiger partial charge in [-0.3, -0.25) is 4.79 Å². The van der Waals surface area contributed by atoms with Gasteiger partial charge in [-0.25, -0.2) is 0 Å². The first-order chi connectivity index (χ1) is 8.01. The second-order valence-electron chi connectivity index (χ2n) is 5.21. The van der Waals surface area contributed by atoms with Gasteiger partial charge in [-0.1, -0.05) is 13.8 Å². The highest BCUT2D eigenvalue weighted by Gasteiger charge is 2.16. The van der Waals surface area contributed by atoms with Gasteiger partial charge in [-0.2, -0.15) is 0 Å². The topological polar surface area (TPSA) is 58.4 Å². The van der Waals surface area contributed by atoms with Crippen molar-refractivity contribution >= 4 is 5.91 Å². The molecule has 0 aliphatic carbocycles. The molecule has 4 heteroatoms. The second-order valence-corrected chi connectivity index (χ2v) is 5.21. The molecule has 0 heterocycles. The summed E-state index contributed by atoms with van der Waals surface area (Å²) in [6.07, 6.45) is 2.62. The lowest BCUT2D eigenvalue weighted by molar-refractivity contribution is -0.131. The van der Waals surface area contributed by atoms with E-state index in [0.717, 1.165) is 25.9 Å². The highest BCUT2D eigenvalue weighted by molar-refractivity contribution is 5.76. The maximum atomic E-state index is 11.9. The minimum atomic E-state index is 0.220. The van der Waals surface area contributed by atoms with E-state index in [-0.39, 0.29) is 5.91 Å². The van der Waals surface area contributed by atoms with Crippen LogP contribution in [0.25, 0.3) is 0 Å². The Bertz CT molecular complexity index is 207. The lowest BCUT2D eigenvalue weighted by Gasteiger charge is -2.21. The number of hydrogen-bond donors (Lipinski definition) is 2. The van der Waals surface area contributed by atoms with E-state index in [1.807, 2.05) is 19.0 Å². The summed E-state index contributed by atoms with van der Waals surface area (Å²) in [5.41, 5.74) is 5.71. The molecule has 0 saturated carbocycles. The van der Waals surface area contributed by atoms with Crippen LogP contribution in [0, 0.1) is 11.8 Å². The maximum absolute atomic E-state index is 11.9. The van der Waals surface area contributed by atoms with Gasteiger partial charge in [0.1, 0.15) is 0 Å². The van der Waals surface area contributed by atoms with Gasteiger partial charge >= 0.3 is 0 Å². The minimum absolute atomic E-state index is 0.220. The van der Waals surface area contributed by atoms with E-state index in [2.05, 4.69) is 19.2 Å². The van der Waals surface area contributed by atoms with E-state index in [1.165, 1.54) is 0 Å². The molecular weight excluding hydrogens is 214 g/mol. The molecule has 0 aliphatic rings. The van der Waals surface area contributed by atoms with Crippen LogP contribution in [-0.2, 0) is 4.79 Å². The van der Waals surface area contributed by atoms with Crippen molar-refractivity contribution in [2.24, 2.45) is 17.6 Å². The third-order valence-electron chi connectivity index (χ3n) is 2.95. The molecule has 1 atom stereocenters. The lowest BCUT2D eigenvalue weighted by Crippen LogP contribution is -2.32. The SMILES string of the molecule is CNCCCN(C)C(=O)CC(CN)CC(C)C. The molecule has 0 aliphatic heterocycles. The molecule has 102 valence electrons. The molecule has 0 aromatic carbocycles. The average molecular weight is 243 g/mol. The third kappa shape index (κ3) is 8.16. The number of nitrogens with two attached hydrogens (primary N) is 1. The third-order valence-corrected chi connectivity index (χ3v) is 2.95. The summed E-state index contributed by atoms with van der Waals surface area (Å²) >= 11 is 0. The zero-order chi connectivity index (χ0) is 13.3. The van der Waals surface area contributed by atoms with E-state index < -0.39 is 0 Å². The van der Waals surface area contributed by atoms with E-state index >= 15 is 0 Å². The Hall–Kier alpha value is -0.610. The molecular formula is C13H29N3O. The maximum Gasteiger partial charge on any atom is 0.222 e. The first kappa shape index (κ1) is 16.4. The van der Waals surface area contributed by atoms with Gasteiger partial charge in [0.15, 0.2) is 0 Å². The van der Waals surface area contributed by atoms with Crippen molar-refractivity contribution in [2.45, 2.75) is 33.1 Å². The summed E-state index contributed by atoms with van der Waals surface area (Å²) in [6, 6.07) is 0. The van der Waals surface area contributed by atoms with Crippen LogP contribution in [-0.4, -0.2) is 44.5 Å². The molecule has 17 heavy (non-hydrogen) atoms. The van der Waals surface area contributed by atoms with Crippen molar-refractivity contribution in [2.75, 3.05) is 33.7 Å². The molecule has 0 aromatic rings. The summed E-state index contributed by atoms with van der Waals surface area (Å²) in [7, 11) is 3.80. The predicted molar refractivity (Wildman–Crippen MR) is 72.8 cm³/mol. The molecule has 0 spiro atoms. The number of amides is 1. The standard InChI is InChI=1S/C13H29N3O/c1-11(2)8-12(10-14)9-13(17)16(4)7-5-6-15-3/h11-12,15H,5-10,14H2,1-4H3. The van der Waals surface area contributed by atoms with E-state index in [9.17, 15) is 4.79 Å². The zero-order valence-electron chi connectivity index (χ0n) is 11.8. The molecule has 0 fully saturated rings. The Labute approximate surface area is 106 Å². The summed E-state index contributed by atoms with van der Waals surface area (Å²) in [4.78, 5) is 13.8. The molecule has 0 rings (SSSR count). The molecule has 1 unspecified atom stereocenters. The van der Waals surface area contributed by atoms with Gasteiger partial charge in [0.05, 0.1) is 0 Å². The first-order valence-corrected chi connectivity index (χ1v) is 6.59. The summed E-state index contributed by atoms with van der Waals surface area (Å²) in [6.45, 7) is 6.71. The molecule has 0 aromatic heterocycles. The number of nitrogens with one attached hydrogen (secondary N) is 1. The van der Waals surface area contributed by atoms with Crippen molar-refractivity contribution in [3.8, 4) is 0 Å². The van der Waals surface area contributed by atoms with Crippen molar-refractivity contribution in [1.29, 1.82) is 0 Å².